The SMILES string of the molecule is Fc1cc(F)cc(C2(Nc3ncc(-c4nnc(C(F)F)o4)cn3)CCC2)c1. The first kappa shape index (κ1) is 17.4. The molecule has 1 saturated carbocycles. The Morgan fingerprint density at radius 3 is 2.19 bits per heavy atom. The first-order valence-corrected chi connectivity index (χ1v) is 8.14. The van der Waals surface area contributed by atoms with Crippen LogP contribution < -0.4 is 5.32 Å². The summed E-state index contributed by atoms with van der Waals surface area (Å²) in [5.74, 6) is -1.98. The zero-order chi connectivity index (χ0) is 19.0. The minimum atomic E-state index is -2.86. The Kier molecular flexibility index (Phi) is 4.25. The maximum absolute atomic E-state index is 13.6. The van der Waals surface area contributed by atoms with Crippen LogP contribution in [0.4, 0.5) is 23.5 Å². The predicted molar refractivity (Wildman–Crippen MR) is 85.8 cm³/mol. The largest absolute Gasteiger partial charge is 0.415 e. The molecule has 3 aromatic rings. The number of halogens is 4. The Morgan fingerprint density at radius 1 is 1.00 bits per heavy atom. The van der Waals surface area contributed by atoms with Gasteiger partial charge in [0.15, 0.2) is 0 Å². The predicted octanol–water partition coefficient (Wildman–Crippen LogP) is 4.23. The van der Waals surface area contributed by atoms with E-state index in [9.17, 15) is 17.6 Å². The van der Waals surface area contributed by atoms with Crippen LogP contribution in [0.25, 0.3) is 11.5 Å². The van der Waals surface area contributed by atoms with Gasteiger partial charge in [-0.2, -0.15) is 8.78 Å². The van der Waals surface area contributed by atoms with Gasteiger partial charge in [0.25, 0.3) is 11.8 Å². The number of nitrogens with zero attached hydrogens (tertiary/aromatic N) is 4. The van der Waals surface area contributed by atoms with Crippen LogP contribution in [-0.2, 0) is 5.54 Å². The van der Waals surface area contributed by atoms with Crippen LogP contribution in [0, 0.1) is 11.6 Å². The highest BCUT2D eigenvalue weighted by atomic mass is 19.3. The Morgan fingerprint density at radius 2 is 1.67 bits per heavy atom. The summed E-state index contributed by atoms with van der Waals surface area (Å²) >= 11 is 0. The summed E-state index contributed by atoms with van der Waals surface area (Å²) in [4.78, 5) is 8.24. The summed E-state index contributed by atoms with van der Waals surface area (Å²) in [5, 5.41) is 9.89. The molecule has 10 heteroatoms. The molecule has 0 radical (unpaired) electrons. The molecule has 0 unspecified atom stereocenters. The maximum atomic E-state index is 13.6. The van der Waals surface area contributed by atoms with E-state index in [1.165, 1.54) is 24.5 Å². The zero-order valence-corrected chi connectivity index (χ0v) is 13.8. The highest BCUT2D eigenvalue weighted by molar-refractivity contribution is 5.51. The van der Waals surface area contributed by atoms with Crippen molar-refractivity contribution in [2.75, 3.05) is 5.32 Å². The highest BCUT2D eigenvalue weighted by Gasteiger charge is 2.40. The Balaban J connectivity index is 1.56. The summed E-state index contributed by atoms with van der Waals surface area (Å²) in [6.45, 7) is 0. The van der Waals surface area contributed by atoms with E-state index >= 15 is 0 Å². The molecule has 1 aliphatic rings. The molecular weight excluding hydrogens is 366 g/mol. The van der Waals surface area contributed by atoms with E-state index in [4.69, 9.17) is 4.42 Å². The van der Waals surface area contributed by atoms with Gasteiger partial charge >= 0.3 is 6.43 Å². The molecule has 6 nitrogen and oxygen atoms in total. The van der Waals surface area contributed by atoms with Gasteiger partial charge in [-0.25, -0.2) is 18.7 Å². The van der Waals surface area contributed by atoms with Crippen LogP contribution in [0.2, 0.25) is 0 Å². The van der Waals surface area contributed by atoms with Crippen LogP contribution >= 0.6 is 0 Å². The molecule has 0 amide bonds. The van der Waals surface area contributed by atoms with Gasteiger partial charge in [0.05, 0.1) is 11.1 Å². The normalized spacial score (nSPS) is 15.6. The molecule has 140 valence electrons. The lowest BCUT2D eigenvalue weighted by Crippen LogP contribution is -2.42. The minimum absolute atomic E-state index is 0.123. The van der Waals surface area contributed by atoms with E-state index in [0.717, 1.165) is 12.5 Å². The highest BCUT2D eigenvalue weighted by Crippen LogP contribution is 2.44. The van der Waals surface area contributed by atoms with E-state index in [0.29, 0.717) is 18.4 Å². The molecule has 0 saturated heterocycles. The van der Waals surface area contributed by atoms with Gasteiger partial charge in [-0.05, 0) is 37.0 Å². The van der Waals surface area contributed by atoms with Gasteiger partial charge in [-0.15, -0.1) is 10.2 Å². The quantitative estimate of drug-likeness (QED) is 0.669. The lowest BCUT2D eigenvalue weighted by molar-refractivity contribution is 0.116. The molecule has 0 aliphatic heterocycles. The standard InChI is InChI=1S/C17H13F4N5O/c18-11-4-10(5-12(19)6-11)17(2-1-3-17)24-16-22-7-9(8-23-16)14-25-26-15(27-14)13(20)21/h4-8,13H,1-3H2,(H,22,23,24). The fraction of sp³-hybridized carbons (Fsp3) is 0.294. The van der Waals surface area contributed by atoms with Crippen LogP contribution in [0.1, 0.15) is 37.1 Å². The second-order valence-electron chi connectivity index (χ2n) is 6.26. The van der Waals surface area contributed by atoms with Crippen molar-refractivity contribution in [2.24, 2.45) is 0 Å². The van der Waals surface area contributed by atoms with Gasteiger partial charge in [0, 0.05) is 18.5 Å². The lowest BCUT2D eigenvalue weighted by atomic mass is 9.72. The van der Waals surface area contributed by atoms with Gasteiger partial charge in [0.1, 0.15) is 11.6 Å². The number of rotatable bonds is 5. The topological polar surface area (TPSA) is 76.7 Å². The molecule has 1 fully saturated rings. The molecular formula is C17H13F4N5O. The summed E-state index contributed by atoms with van der Waals surface area (Å²) in [5.41, 5.74) is 0.106. The van der Waals surface area contributed by atoms with Crippen molar-refractivity contribution in [1.29, 1.82) is 0 Å². The maximum Gasteiger partial charge on any atom is 0.314 e. The molecule has 2 aromatic heterocycles. The van der Waals surface area contributed by atoms with Crippen LogP contribution in [0.15, 0.2) is 35.0 Å². The molecule has 27 heavy (non-hydrogen) atoms. The summed E-state index contributed by atoms with van der Waals surface area (Å²) in [6.07, 6.45) is 2.05. The second kappa shape index (κ2) is 6.60. The number of anilines is 1. The summed E-state index contributed by atoms with van der Waals surface area (Å²) in [7, 11) is 0. The van der Waals surface area contributed by atoms with Crippen molar-refractivity contribution in [3.63, 3.8) is 0 Å². The number of nitrogens with one attached hydrogen (secondary N) is 1. The van der Waals surface area contributed by atoms with Gasteiger partial charge < -0.3 is 9.73 Å². The van der Waals surface area contributed by atoms with Crippen molar-refractivity contribution in [3.8, 4) is 11.5 Å². The third kappa shape index (κ3) is 3.34. The van der Waals surface area contributed by atoms with Crippen molar-refractivity contribution >= 4 is 5.95 Å². The third-order valence-corrected chi connectivity index (χ3v) is 4.50. The molecule has 2 heterocycles. The smallest absolute Gasteiger partial charge is 0.314 e. The van der Waals surface area contributed by atoms with Gasteiger partial charge in [-0.3, -0.25) is 0 Å². The number of hydrogen-bond donors (Lipinski definition) is 1. The summed E-state index contributed by atoms with van der Waals surface area (Å²) in [6, 6.07) is 3.39. The van der Waals surface area contributed by atoms with Gasteiger partial charge in [0.2, 0.25) is 5.95 Å². The van der Waals surface area contributed by atoms with E-state index in [1.54, 1.807) is 0 Å². The molecule has 4 rings (SSSR count). The molecule has 1 aromatic carbocycles. The fourth-order valence-corrected chi connectivity index (χ4v) is 3.00. The number of benzene rings is 1. The third-order valence-electron chi connectivity index (χ3n) is 4.50. The number of hydrogen-bond acceptors (Lipinski definition) is 6. The first-order chi connectivity index (χ1) is 12.9. The average Bonchev–Trinajstić information content (AvgIpc) is 3.08. The summed E-state index contributed by atoms with van der Waals surface area (Å²) < 4.78 is 57.0. The zero-order valence-electron chi connectivity index (χ0n) is 13.8. The first-order valence-electron chi connectivity index (χ1n) is 8.14. The fourth-order valence-electron chi connectivity index (χ4n) is 3.00. The van der Waals surface area contributed by atoms with Gasteiger partial charge in [-0.1, -0.05) is 0 Å². The lowest BCUT2D eigenvalue weighted by Gasteiger charge is -2.43. The molecule has 0 atom stereocenters. The molecule has 0 bridgehead atoms. The minimum Gasteiger partial charge on any atom is -0.415 e. The Labute approximate surface area is 150 Å². The van der Waals surface area contributed by atoms with Crippen LogP contribution in [0.5, 0.6) is 0 Å². The van der Waals surface area contributed by atoms with Crippen molar-refractivity contribution < 1.29 is 22.0 Å². The van der Waals surface area contributed by atoms with Crippen molar-refractivity contribution in [3.05, 3.63) is 53.7 Å². The van der Waals surface area contributed by atoms with E-state index in [-0.39, 0.29) is 17.4 Å². The van der Waals surface area contributed by atoms with Crippen LogP contribution in [0.3, 0.4) is 0 Å². The van der Waals surface area contributed by atoms with E-state index < -0.39 is 29.5 Å². The Hall–Kier alpha value is -3.04. The number of aromatic nitrogens is 4. The Bertz CT molecular complexity index is 936. The van der Waals surface area contributed by atoms with Crippen LogP contribution in [-0.4, -0.2) is 20.2 Å². The second-order valence-corrected chi connectivity index (χ2v) is 6.26. The van der Waals surface area contributed by atoms with Crippen molar-refractivity contribution in [1.82, 2.24) is 20.2 Å². The number of alkyl halides is 2. The monoisotopic (exact) mass is 379 g/mol. The molecule has 1 aliphatic carbocycles. The molecule has 0 spiro atoms. The van der Waals surface area contributed by atoms with E-state index in [1.807, 2.05) is 0 Å². The van der Waals surface area contributed by atoms with E-state index in [2.05, 4.69) is 25.5 Å². The molecule has 1 N–H and O–H groups in total. The van der Waals surface area contributed by atoms with Crippen molar-refractivity contribution in [2.45, 2.75) is 31.2 Å². The average molecular weight is 379 g/mol.